The van der Waals surface area contributed by atoms with Gasteiger partial charge in [-0.1, -0.05) is 64.5 Å². The van der Waals surface area contributed by atoms with E-state index in [1.54, 1.807) is 24.3 Å². The molecule has 0 aliphatic heterocycles. The second-order valence-electron chi connectivity index (χ2n) is 8.71. The Morgan fingerprint density at radius 3 is 2.42 bits per heavy atom. The van der Waals surface area contributed by atoms with Gasteiger partial charge in [-0.05, 0) is 36.4 Å². The van der Waals surface area contributed by atoms with Crippen molar-refractivity contribution in [1.82, 2.24) is 19.5 Å². The number of hydrogen-bond donors (Lipinski definition) is 1. The molecule has 0 unspecified atom stereocenters. The minimum absolute atomic E-state index is 0.0359. The van der Waals surface area contributed by atoms with E-state index in [4.69, 9.17) is 4.98 Å². The van der Waals surface area contributed by atoms with Gasteiger partial charge in [0, 0.05) is 33.1 Å². The fourth-order valence-electron chi connectivity index (χ4n) is 4.34. The Labute approximate surface area is 235 Å². The second-order valence-corrected chi connectivity index (χ2v) is 9.63. The number of aromatic nitrogens is 4. The van der Waals surface area contributed by atoms with Crippen LogP contribution in [-0.2, 0) is 0 Å². The van der Waals surface area contributed by atoms with Crippen LogP contribution in [0.3, 0.4) is 0 Å². The summed E-state index contributed by atoms with van der Waals surface area (Å²) >= 11 is 3.47. The Balaban J connectivity index is 1.54. The van der Waals surface area contributed by atoms with E-state index in [1.165, 1.54) is 18.3 Å². The molecule has 40 heavy (non-hydrogen) atoms. The molecule has 0 saturated carbocycles. The van der Waals surface area contributed by atoms with E-state index < -0.39 is 4.92 Å². The van der Waals surface area contributed by atoms with Crippen LogP contribution < -0.4 is 11.0 Å². The van der Waals surface area contributed by atoms with Crippen LogP contribution in [0.4, 0.5) is 11.6 Å². The summed E-state index contributed by atoms with van der Waals surface area (Å²) in [5.41, 5.74) is 5.01. The maximum Gasteiger partial charge on any atom is 0.281 e. The quantitative estimate of drug-likeness (QED) is 0.140. The SMILES string of the molecule is O=c1nc(-c2ccc(Br)cc2)n(-c2nc(N/N=C/c3cccc([N+](=O)[O-])c3)nc3ccccc23)c2ccccc12. The first-order valence-corrected chi connectivity index (χ1v) is 12.9. The fourth-order valence-corrected chi connectivity index (χ4v) is 4.60. The topological polar surface area (TPSA) is 128 Å². The van der Waals surface area contributed by atoms with Gasteiger partial charge in [-0.2, -0.15) is 15.1 Å². The van der Waals surface area contributed by atoms with Crippen molar-refractivity contribution in [2.75, 3.05) is 5.43 Å². The van der Waals surface area contributed by atoms with Gasteiger partial charge in [-0.25, -0.2) is 10.4 Å². The third-order valence-electron chi connectivity index (χ3n) is 6.15. The van der Waals surface area contributed by atoms with Crippen molar-refractivity contribution in [3.05, 3.63) is 128 Å². The summed E-state index contributed by atoms with van der Waals surface area (Å²) in [5.74, 6) is 1.12. The Morgan fingerprint density at radius 2 is 1.62 bits per heavy atom. The molecule has 0 bridgehead atoms. The number of rotatable bonds is 6. The van der Waals surface area contributed by atoms with Gasteiger partial charge in [-0.3, -0.25) is 19.5 Å². The number of hydrazone groups is 1. The molecule has 0 saturated heterocycles. The molecule has 10 nitrogen and oxygen atoms in total. The van der Waals surface area contributed by atoms with Crippen LogP contribution in [0.5, 0.6) is 0 Å². The van der Waals surface area contributed by atoms with Crippen LogP contribution in [0.25, 0.3) is 39.0 Å². The van der Waals surface area contributed by atoms with Gasteiger partial charge < -0.3 is 0 Å². The molecule has 0 amide bonds. The van der Waals surface area contributed by atoms with Gasteiger partial charge in [-0.15, -0.1) is 0 Å². The van der Waals surface area contributed by atoms with Crippen LogP contribution in [0.2, 0.25) is 0 Å². The molecule has 194 valence electrons. The molecule has 0 fully saturated rings. The lowest BCUT2D eigenvalue weighted by Crippen LogP contribution is -2.17. The Kier molecular flexibility index (Phi) is 6.54. The van der Waals surface area contributed by atoms with Gasteiger partial charge in [0.25, 0.3) is 11.2 Å². The number of nitro groups is 1. The first kappa shape index (κ1) is 25.0. The van der Waals surface area contributed by atoms with E-state index in [0.29, 0.717) is 33.6 Å². The Bertz CT molecular complexity index is 2010. The van der Waals surface area contributed by atoms with Gasteiger partial charge >= 0.3 is 0 Å². The second kappa shape index (κ2) is 10.5. The molecule has 6 aromatic rings. The summed E-state index contributed by atoms with van der Waals surface area (Å²) in [4.78, 5) is 37.6. The van der Waals surface area contributed by atoms with E-state index >= 15 is 0 Å². The van der Waals surface area contributed by atoms with E-state index in [0.717, 1.165) is 15.4 Å². The van der Waals surface area contributed by atoms with Gasteiger partial charge in [0.2, 0.25) is 5.95 Å². The number of benzene rings is 4. The van der Waals surface area contributed by atoms with Crippen LogP contribution in [0.15, 0.2) is 111 Å². The maximum atomic E-state index is 13.1. The number of nitrogens with zero attached hydrogens (tertiary/aromatic N) is 6. The third-order valence-corrected chi connectivity index (χ3v) is 6.68. The van der Waals surface area contributed by atoms with Gasteiger partial charge in [0.05, 0.1) is 27.6 Å². The molecule has 0 atom stereocenters. The zero-order valence-electron chi connectivity index (χ0n) is 20.6. The molecule has 4 aromatic carbocycles. The minimum Gasteiger partial charge on any atom is -0.277 e. The predicted octanol–water partition coefficient (Wildman–Crippen LogP) is 6.11. The predicted molar refractivity (Wildman–Crippen MR) is 158 cm³/mol. The molecule has 0 aliphatic rings. The average molecular weight is 592 g/mol. The summed E-state index contributed by atoms with van der Waals surface area (Å²) in [6, 6.07) is 28.4. The summed E-state index contributed by atoms with van der Waals surface area (Å²) in [5, 5.41) is 16.5. The molecule has 0 spiro atoms. The zero-order chi connectivity index (χ0) is 27.6. The van der Waals surface area contributed by atoms with Crippen molar-refractivity contribution in [3.8, 4) is 17.2 Å². The third kappa shape index (κ3) is 4.81. The summed E-state index contributed by atoms with van der Waals surface area (Å²) in [6.07, 6.45) is 1.45. The molecule has 2 aromatic heterocycles. The maximum absolute atomic E-state index is 13.1. The number of halogens is 1. The monoisotopic (exact) mass is 591 g/mol. The molecule has 0 aliphatic carbocycles. The zero-order valence-corrected chi connectivity index (χ0v) is 22.2. The summed E-state index contributed by atoms with van der Waals surface area (Å²) < 4.78 is 2.74. The lowest BCUT2D eigenvalue weighted by molar-refractivity contribution is -0.384. The lowest BCUT2D eigenvalue weighted by Gasteiger charge is -2.17. The standard InChI is InChI=1S/C29H18BrN7O3/c30-20-14-12-19(13-15-20)26-33-28(38)23-9-2-4-11-25(23)36(26)27-22-8-1-3-10-24(22)32-29(34-27)35-31-17-18-6-5-7-21(16-18)37(39)40/h1-17H,(H,32,34,35)/b31-17+. The van der Waals surface area contributed by atoms with Crippen LogP contribution in [-0.4, -0.2) is 30.7 Å². The van der Waals surface area contributed by atoms with Crippen molar-refractivity contribution in [2.45, 2.75) is 0 Å². The Hall–Kier alpha value is -5.29. The highest BCUT2D eigenvalue weighted by Crippen LogP contribution is 2.29. The molecular weight excluding hydrogens is 574 g/mol. The van der Waals surface area contributed by atoms with E-state index in [9.17, 15) is 14.9 Å². The number of anilines is 1. The average Bonchev–Trinajstić information content (AvgIpc) is 2.97. The van der Waals surface area contributed by atoms with E-state index in [1.807, 2.05) is 65.2 Å². The van der Waals surface area contributed by atoms with Crippen molar-refractivity contribution >= 4 is 55.6 Å². The molecule has 2 heterocycles. The minimum atomic E-state index is -0.463. The Morgan fingerprint density at radius 1 is 0.875 bits per heavy atom. The molecule has 0 radical (unpaired) electrons. The largest absolute Gasteiger partial charge is 0.281 e. The highest BCUT2D eigenvalue weighted by molar-refractivity contribution is 9.10. The van der Waals surface area contributed by atoms with Crippen LogP contribution >= 0.6 is 15.9 Å². The number of hydrogen-bond acceptors (Lipinski definition) is 8. The molecule has 6 rings (SSSR count). The van der Waals surface area contributed by atoms with Crippen molar-refractivity contribution in [1.29, 1.82) is 0 Å². The number of nitrogens with one attached hydrogen (secondary N) is 1. The van der Waals surface area contributed by atoms with Crippen molar-refractivity contribution in [2.24, 2.45) is 5.10 Å². The van der Waals surface area contributed by atoms with Gasteiger partial charge in [0.1, 0.15) is 5.82 Å². The van der Waals surface area contributed by atoms with E-state index in [2.05, 4.69) is 36.4 Å². The number of nitro benzene ring substituents is 1. The van der Waals surface area contributed by atoms with Crippen molar-refractivity contribution in [3.63, 3.8) is 0 Å². The molecular formula is C29H18BrN7O3. The first-order chi connectivity index (χ1) is 19.5. The number of non-ortho nitro benzene ring substituents is 1. The van der Waals surface area contributed by atoms with Crippen LogP contribution in [0.1, 0.15) is 5.56 Å². The lowest BCUT2D eigenvalue weighted by atomic mass is 10.1. The number of fused-ring (bicyclic) bond motifs is 2. The number of para-hydroxylation sites is 2. The smallest absolute Gasteiger partial charge is 0.277 e. The van der Waals surface area contributed by atoms with Gasteiger partial charge in [0.15, 0.2) is 5.82 Å². The first-order valence-electron chi connectivity index (χ1n) is 12.1. The molecule has 1 N–H and O–H groups in total. The van der Waals surface area contributed by atoms with Crippen LogP contribution in [0, 0.1) is 10.1 Å². The van der Waals surface area contributed by atoms with E-state index in [-0.39, 0.29) is 17.2 Å². The fraction of sp³-hybridized carbons (Fsp3) is 0. The summed E-state index contributed by atoms with van der Waals surface area (Å²) in [6.45, 7) is 0. The normalized spacial score (nSPS) is 11.3. The highest BCUT2D eigenvalue weighted by atomic mass is 79.9. The summed E-state index contributed by atoms with van der Waals surface area (Å²) in [7, 11) is 0. The molecule has 11 heteroatoms. The van der Waals surface area contributed by atoms with Crippen molar-refractivity contribution < 1.29 is 4.92 Å². The highest BCUT2D eigenvalue weighted by Gasteiger charge is 2.18.